The topological polar surface area (TPSA) is 29.3 Å². The molecule has 0 saturated carbocycles. The second kappa shape index (κ2) is 3.42. The van der Waals surface area contributed by atoms with E-state index in [9.17, 15) is 0 Å². The maximum atomic E-state index is 4.52. The van der Waals surface area contributed by atoms with Crippen LogP contribution in [-0.4, -0.2) is 16.4 Å². The van der Waals surface area contributed by atoms with Crippen LogP contribution < -0.4 is 5.32 Å². The standard InChI is InChI=1S/C11H15N3/c1-8-4-5-10-9(2)13-11(6-12-3)14(10)7-8/h4-5,7,12H,6H2,1-3H3. The van der Waals surface area contributed by atoms with Gasteiger partial charge in [-0.25, -0.2) is 4.98 Å². The van der Waals surface area contributed by atoms with E-state index < -0.39 is 0 Å². The summed E-state index contributed by atoms with van der Waals surface area (Å²) in [6.07, 6.45) is 2.13. The van der Waals surface area contributed by atoms with Crippen LogP contribution in [-0.2, 0) is 6.54 Å². The Hall–Kier alpha value is -1.35. The van der Waals surface area contributed by atoms with Crippen molar-refractivity contribution in [3.05, 3.63) is 35.4 Å². The molecule has 0 aromatic carbocycles. The summed E-state index contributed by atoms with van der Waals surface area (Å²) >= 11 is 0. The number of aryl methyl sites for hydroxylation is 2. The average molecular weight is 189 g/mol. The van der Waals surface area contributed by atoms with Gasteiger partial charge in [-0.2, -0.15) is 0 Å². The van der Waals surface area contributed by atoms with Gasteiger partial charge in [0.15, 0.2) is 0 Å². The van der Waals surface area contributed by atoms with Crippen LogP contribution in [0.1, 0.15) is 17.1 Å². The summed E-state index contributed by atoms with van der Waals surface area (Å²) in [7, 11) is 1.94. The lowest BCUT2D eigenvalue weighted by molar-refractivity contribution is 0.753. The molecule has 0 atom stereocenters. The Morgan fingerprint density at radius 3 is 2.86 bits per heavy atom. The molecule has 0 bridgehead atoms. The number of nitrogens with one attached hydrogen (secondary N) is 1. The first-order chi connectivity index (χ1) is 6.72. The maximum Gasteiger partial charge on any atom is 0.127 e. The number of aromatic nitrogens is 2. The van der Waals surface area contributed by atoms with E-state index in [-0.39, 0.29) is 0 Å². The molecule has 0 fully saturated rings. The number of nitrogens with zero attached hydrogens (tertiary/aromatic N) is 2. The van der Waals surface area contributed by atoms with E-state index in [0.717, 1.165) is 18.1 Å². The fourth-order valence-electron chi connectivity index (χ4n) is 1.70. The summed E-state index contributed by atoms with van der Waals surface area (Å²) < 4.78 is 2.15. The first kappa shape index (κ1) is 9.21. The minimum Gasteiger partial charge on any atom is -0.313 e. The third-order valence-corrected chi connectivity index (χ3v) is 2.38. The van der Waals surface area contributed by atoms with E-state index in [1.54, 1.807) is 0 Å². The smallest absolute Gasteiger partial charge is 0.127 e. The number of hydrogen-bond donors (Lipinski definition) is 1. The largest absolute Gasteiger partial charge is 0.313 e. The van der Waals surface area contributed by atoms with Crippen LogP contribution >= 0.6 is 0 Å². The Morgan fingerprint density at radius 2 is 2.14 bits per heavy atom. The molecule has 3 heteroatoms. The van der Waals surface area contributed by atoms with Crippen molar-refractivity contribution in [3.63, 3.8) is 0 Å². The number of imidazole rings is 1. The predicted octanol–water partition coefficient (Wildman–Crippen LogP) is 1.67. The third kappa shape index (κ3) is 1.40. The lowest BCUT2D eigenvalue weighted by atomic mass is 10.3. The molecule has 0 amide bonds. The zero-order valence-corrected chi connectivity index (χ0v) is 8.83. The quantitative estimate of drug-likeness (QED) is 0.778. The van der Waals surface area contributed by atoms with Crippen LogP contribution in [0, 0.1) is 13.8 Å². The van der Waals surface area contributed by atoms with Crippen molar-refractivity contribution < 1.29 is 0 Å². The summed E-state index contributed by atoms with van der Waals surface area (Å²) in [6.45, 7) is 4.94. The SMILES string of the molecule is CNCc1nc(C)c2ccc(C)cn12. The van der Waals surface area contributed by atoms with Crippen molar-refractivity contribution in [2.24, 2.45) is 0 Å². The highest BCUT2D eigenvalue weighted by Crippen LogP contribution is 2.13. The highest BCUT2D eigenvalue weighted by molar-refractivity contribution is 5.53. The summed E-state index contributed by atoms with van der Waals surface area (Å²) in [5, 5.41) is 3.13. The van der Waals surface area contributed by atoms with Gasteiger partial charge in [0.05, 0.1) is 17.8 Å². The van der Waals surface area contributed by atoms with Gasteiger partial charge in [-0.05, 0) is 32.5 Å². The molecule has 2 rings (SSSR count). The molecule has 2 aromatic heterocycles. The van der Waals surface area contributed by atoms with Gasteiger partial charge in [0, 0.05) is 6.20 Å². The molecular formula is C11H15N3. The summed E-state index contributed by atoms with van der Waals surface area (Å²) in [4.78, 5) is 4.52. The van der Waals surface area contributed by atoms with Crippen molar-refractivity contribution >= 4 is 5.52 Å². The van der Waals surface area contributed by atoms with Crippen LogP contribution in [0.15, 0.2) is 18.3 Å². The minimum atomic E-state index is 0.804. The summed E-state index contributed by atoms with van der Waals surface area (Å²) in [5.74, 6) is 1.07. The summed E-state index contributed by atoms with van der Waals surface area (Å²) in [5.41, 5.74) is 3.54. The molecule has 1 N–H and O–H groups in total. The molecule has 74 valence electrons. The van der Waals surface area contributed by atoms with Crippen LogP contribution in [0.2, 0.25) is 0 Å². The van der Waals surface area contributed by atoms with Crippen molar-refractivity contribution in [2.45, 2.75) is 20.4 Å². The van der Waals surface area contributed by atoms with Crippen LogP contribution in [0.3, 0.4) is 0 Å². The Morgan fingerprint density at radius 1 is 1.36 bits per heavy atom. The molecule has 0 aliphatic carbocycles. The highest BCUT2D eigenvalue weighted by atomic mass is 15.1. The first-order valence-electron chi connectivity index (χ1n) is 4.81. The zero-order chi connectivity index (χ0) is 10.1. The number of hydrogen-bond acceptors (Lipinski definition) is 2. The predicted molar refractivity (Wildman–Crippen MR) is 57.4 cm³/mol. The average Bonchev–Trinajstić information content (AvgIpc) is 2.44. The van der Waals surface area contributed by atoms with Gasteiger partial charge in [0.1, 0.15) is 5.82 Å². The van der Waals surface area contributed by atoms with E-state index in [4.69, 9.17) is 0 Å². The van der Waals surface area contributed by atoms with Gasteiger partial charge in [-0.1, -0.05) is 6.07 Å². The molecule has 2 heterocycles. The third-order valence-electron chi connectivity index (χ3n) is 2.38. The second-order valence-electron chi connectivity index (χ2n) is 3.61. The highest BCUT2D eigenvalue weighted by Gasteiger charge is 2.05. The van der Waals surface area contributed by atoms with E-state index in [2.05, 4.69) is 40.0 Å². The number of rotatable bonds is 2. The second-order valence-corrected chi connectivity index (χ2v) is 3.61. The maximum absolute atomic E-state index is 4.52. The summed E-state index contributed by atoms with van der Waals surface area (Å²) in [6, 6.07) is 4.24. The number of fused-ring (bicyclic) bond motifs is 1. The van der Waals surface area contributed by atoms with Crippen LogP contribution in [0.25, 0.3) is 5.52 Å². The number of pyridine rings is 1. The molecule has 0 radical (unpaired) electrons. The zero-order valence-electron chi connectivity index (χ0n) is 8.83. The molecular weight excluding hydrogens is 174 g/mol. The molecule has 0 spiro atoms. The van der Waals surface area contributed by atoms with E-state index in [1.165, 1.54) is 11.1 Å². The molecule has 14 heavy (non-hydrogen) atoms. The van der Waals surface area contributed by atoms with Crippen LogP contribution in [0.5, 0.6) is 0 Å². The molecule has 0 aliphatic heterocycles. The molecule has 3 nitrogen and oxygen atoms in total. The first-order valence-corrected chi connectivity index (χ1v) is 4.81. The monoisotopic (exact) mass is 189 g/mol. The van der Waals surface area contributed by atoms with Gasteiger partial charge in [0.2, 0.25) is 0 Å². The van der Waals surface area contributed by atoms with Crippen molar-refractivity contribution in [3.8, 4) is 0 Å². The van der Waals surface area contributed by atoms with Crippen molar-refractivity contribution in [1.82, 2.24) is 14.7 Å². The lowest BCUT2D eigenvalue weighted by Crippen LogP contribution is -2.08. The van der Waals surface area contributed by atoms with E-state index in [0.29, 0.717) is 0 Å². The molecule has 2 aromatic rings. The van der Waals surface area contributed by atoms with Gasteiger partial charge >= 0.3 is 0 Å². The fraction of sp³-hybridized carbons (Fsp3) is 0.364. The molecule has 0 saturated heterocycles. The van der Waals surface area contributed by atoms with E-state index >= 15 is 0 Å². The van der Waals surface area contributed by atoms with Gasteiger partial charge in [-0.3, -0.25) is 0 Å². The van der Waals surface area contributed by atoms with Gasteiger partial charge in [0.25, 0.3) is 0 Å². The van der Waals surface area contributed by atoms with E-state index in [1.807, 2.05) is 14.0 Å². The Labute approximate surface area is 83.8 Å². The van der Waals surface area contributed by atoms with Gasteiger partial charge < -0.3 is 9.72 Å². The van der Waals surface area contributed by atoms with Crippen molar-refractivity contribution in [1.29, 1.82) is 0 Å². The van der Waals surface area contributed by atoms with Crippen LogP contribution in [0.4, 0.5) is 0 Å². The normalized spacial score (nSPS) is 11.1. The lowest BCUT2D eigenvalue weighted by Gasteiger charge is -2.01. The van der Waals surface area contributed by atoms with Gasteiger partial charge in [-0.15, -0.1) is 0 Å². The Bertz CT molecular complexity index is 457. The Balaban J connectivity index is 2.66. The minimum absolute atomic E-state index is 0.804. The van der Waals surface area contributed by atoms with Crippen molar-refractivity contribution in [2.75, 3.05) is 7.05 Å². The Kier molecular flexibility index (Phi) is 2.25. The molecule has 0 aliphatic rings. The fourth-order valence-corrected chi connectivity index (χ4v) is 1.70. The molecule has 0 unspecified atom stereocenters.